The molecule has 0 radical (unpaired) electrons. The highest BCUT2D eigenvalue weighted by atomic mass is 32.2. The third kappa shape index (κ3) is 3.69. The van der Waals surface area contributed by atoms with E-state index < -0.39 is 0 Å². The van der Waals surface area contributed by atoms with Gasteiger partial charge in [-0.2, -0.15) is 4.58 Å². The Kier molecular flexibility index (Phi) is 4.51. The number of amides is 1. The standard InChI is InChI=1S/C19H25NO2S/c1-18(2,3)13-8-12(9-14(16(13)21)19(4,5)6)10-15-17(22)20(7)11-23-15/h8-11H,1-7H3/p+1. The third-order valence-electron chi connectivity index (χ3n) is 3.91. The number of thioether (sulfide) groups is 1. The van der Waals surface area contributed by atoms with Crippen molar-refractivity contribution in [3.8, 4) is 5.75 Å². The number of carbonyl (C=O) groups is 1. The van der Waals surface area contributed by atoms with Crippen molar-refractivity contribution in [2.24, 2.45) is 0 Å². The second-order valence-corrected chi connectivity index (χ2v) is 9.00. The molecule has 0 aromatic heterocycles. The molecule has 1 aliphatic rings. The van der Waals surface area contributed by atoms with E-state index in [4.69, 9.17) is 0 Å². The lowest BCUT2D eigenvalue weighted by Crippen LogP contribution is -2.17. The molecule has 0 spiro atoms. The van der Waals surface area contributed by atoms with Gasteiger partial charge < -0.3 is 5.11 Å². The van der Waals surface area contributed by atoms with Crippen molar-refractivity contribution in [3.05, 3.63) is 33.7 Å². The first-order valence-electron chi connectivity index (χ1n) is 7.78. The Morgan fingerprint density at radius 3 is 1.87 bits per heavy atom. The molecule has 0 unspecified atom stereocenters. The molecule has 23 heavy (non-hydrogen) atoms. The highest BCUT2D eigenvalue weighted by Crippen LogP contribution is 2.40. The fraction of sp³-hybridized carbons (Fsp3) is 0.474. The Labute approximate surface area is 143 Å². The van der Waals surface area contributed by atoms with Crippen LogP contribution >= 0.6 is 11.8 Å². The van der Waals surface area contributed by atoms with Gasteiger partial charge >= 0.3 is 5.91 Å². The van der Waals surface area contributed by atoms with Crippen LogP contribution in [0.3, 0.4) is 0 Å². The Morgan fingerprint density at radius 1 is 1.04 bits per heavy atom. The van der Waals surface area contributed by atoms with Crippen molar-refractivity contribution in [2.75, 3.05) is 7.05 Å². The van der Waals surface area contributed by atoms with Crippen LogP contribution in [-0.4, -0.2) is 28.2 Å². The van der Waals surface area contributed by atoms with Gasteiger partial charge in [-0.25, -0.2) is 4.79 Å². The first kappa shape index (κ1) is 17.8. The number of benzene rings is 1. The van der Waals surface area contributed by atoms with Crippen LogP contribution in [0.25, 0.3) is 6.08 Å². The Hall–Kier alpha value is -1.55. The maximum atomic E-state index is 12.1. The van der Waals surface area contributed by atoms with Gasteiger partial charge in [-0.05, 0) is 46.4 Å². The number of hydrogen-bond donors (Lipinski definition) is 1. The van der Waals surface area contributed by atoms with Crippen molar-refractivity contribution in [1.82, 2.24) is 0 Å². The van der Waals surface area contributed by atoms with Crippen LogP contribution in [0.15, 0.2) is 17.0 Å². The number of hydrogen-bond acceptors (Lipinski definition) is 3. The molecule has 1 heterocycles. The molecular weight excluding hydrogens is 306 g/mol. The summed E-state index contributed by atoms with van der Waals surface area (Å²) in [6.07, 6.45) is 1.91. The van der Waals surface area contributed by atoms with Gasteiger partial charge in [0.2, 0.25) is 5.55 Å². The van der Waals surface area contributed by atoms with Crippen LogP contribution < -0.4 is 0 Å². The van der Waals surface area contributed by atoms with Crippen LogP contribution in [-0.2, 0) is 15.6 Å². The zero-order valence-corrected chi connectivity index (χ0v) is 15.8. The zero-order valence-electron chi connectivity index (χ0n) is 15.0. The van der Waals surface area contributed by atoms with Crippen molar-refractivity contribution in [1.29, 1.82) is 0 Å². The lowest BCUT2D eigenvalue weighted by Gasteiger charge is -2.27. The summed E-state index contributed by atoms with van der Waals surface area (Å²) in [4.78, 5) is 12.8. The van der Waals surface area contributed by atoms with Gasteiger partial charge in [0.25, 0.3) is 0 Å². The molecular formula is C19H26NO2S+. The van der Waals surface area contributed by atoms with Crippen LogP contribution in [0.1, 0.15) is 58.2 Å². The predicted octanol–water partition coefficient (Wildman–Crippen LogP) is 4.27. The summed E-state index contributed by atoms with van der Waals surface area (Å²) in [6.45, 7) is 12.5. The molecule has 0 atom stereocenters. The Balaban J connectivity index is 2.62. The summed E-state index contributed by atoms with van der Waals surface area (Å²) in [5, 5.41) is 10.7. The highest BCUT2D eigenvalue weighted by Gasteiger charge is 2.29. The molecule has 0 fully saturated rings. The predicted molar refractivity (Wildman–Crippen MR) is 98.3 cm³/mol. The zero-order chi connectivity index (χ0) is 17.6. The number of likely N-dealkylation sites (N-methyl/N-ethyl adjacent to an activating group) is 1. The molecule has 1 aromatic carbocycles. The van der Waals surface area contributed by atoms with E-state index in [0.717, 1.165) is 16.7 Å². The van der Waals surface area contributed by atoms with Gasteiger partial charge in [0, 0.05) is 11.1 Å². The molecule has 0 aliphatic carbocycles. The van der Waals surface area contributed by atoms with Gasteiger partial charge in [0.05, 0.1) is 0 Å². The van der Waals surface area contributed by atoms with E-state index in [-0.39, 0.29) is 16.7 Å². The minimum absolute atomic E-state index is 0.0118. The minimum atomic E-state index is -0.172. The molecule has 4 heteroatoms. The number of carbonyl (C=O) groups excluding carboxylic acids is 1. The van der Waals surface area contributed by atoms with Gasteiger partial charge in [-0.1, -0.05) is 41.5 Å². The smallest absolute Gasteiger partial charge is 0.426 e. The van der Waals surface area contributed by atoms with E-state index >= 15 is 0 Å². The first-order chi connectivity index (χ1) is 10.4. The molecule has 1 N–H and O–H groups in total. The molecule has 1 aliphatic heterocycles. The van der Waals surface area contributed by atoms with Gasteiger partial charge in [0.1, 0.15) is 17.7 Å². The molecule has 124 valence electrons. The lowest BCUT2D eigenvalue weighted by molar-refractivity contribution is -0.404. The normalized spacial score (nSPS) is 17.8. The first-order valence-corrected chi connectivity index (χ1v) is 8.66. The van der Waals surface area contributed by atoms with Gasteiger partial charge in [0.15, 0.2) is 0 Å². The number of nitrogens with zero attached hydrogens (tertiary/aromatic N) is 1. The second-order valence-electron chi connectivity index (χ2n) is 8.11. The fourth-order valence-electron chi connectivity index (χ4n) is 2.54. The van der Waals surface area contributed by atoms with Crippen LogP contribution in [0.4, 0.5) is 0 Å². The van der Waals surface area contributed by atoms with E-state index in [1.54, 1.807) is 11.6 Å². The fourth-order valence-corrected chi connectivity index (χ4v) is 3.35. The van der Waals surface area contributed by atoms with Crippen LogP contribution in [0, 0.1) is 0 Å². The third-order valence-corrected chi connectivity index (χ3v) is 4.88. The summed E-state index contributed by atoms with van der Waals surface area (Å²) >= 11 is 1.43. The largest absolute Gasteiger partial charge is 0.507 e. The van der Waals surface area contributed by atoms with E-state index in [1.807, 2.05) is 23.8 Å². The summed E-state index contributed by atoms with van der Waals surface area (Å²) in [6, 6.07) is 3.98. The van der Waals surface area contributed by atoms with E-state index in [0.29, 0.717) is 10.7 Å². The quantitative estimate of drug-likeness (QED) is 0.616. The van der Waals surface area contributed by atoms with E-state index in [1.165, 1.54) is 11.8 Å². The molecule has 0 saturated carbocycles. The molecule has 1 aromatic rings. The van der Waals surface area contributed by atoms with Crippen molar-refractivity contribution in [2.45, 2.75) is 52.4 Å². The van der Waals surface area contributed by atoms with Gasteiger partial charge in [-0.15, -0.1) is 0 Å². The summed E-state index contributed by atoms with van der Waals surface area (Å²) in [5.74, 6) is 0.374. The van der Waals surface area contributed by atoms with E-state index in [2.05, 4.69) is 41.5 Å². The SMILES string of the molecule is C[N+]1=CS/C(=C/c2cc(C(C)(C)C)c(O)c(C(C)(C)C)c2)C1=O. The molecule has 3 nitrogen and oxygen atoms in total. The summed E-state index contributed by atoms with van der Waals surface area (Å²) < 4.78 is 1.59. The summed E-state index contributed by atoms with van der Waals surface area (Å²) in [7, 11) is 1.76. The average Bonchev–Trinajstić information content (AvgIpc) is 2.70. The van der Waals surface area contributed by atoms with Gasteiger partial charge in [-0.3, -0.25) is 0 Å². The number of rotatable bonds is 1. The number of phenols is 1. The van der Waals surface area contributed by atoms with Crippen LogP contribution in [0.5, 0.6) is 5.75 Å². The monoisotopic (exact) mass is 332 g/mol. The highest BCUT2D eigenvalue weighted by molar-refractivity contribution is 8.16. The molecule has 0 saturated heterocycles. The Morgan fingerprint density at radius 2 is 1.52 bits per heavy atom. The molecule has 0 bridgehead atoms. The van der Waals surface area contributed by atoms with Crippen molar-refractivity contribution >= 4 is 29.3 Å². The van der Waals surface area contributed by atoms with Crippen LogP contribution in [0.2, 0.25) is 0 Å². The topological polar surface area (TPSA) is 40.3 Å². The minimum Gasteiger partial charge on any atom is -0.507 e. The molecule has 2 rings (SSSR count). The second kappa shape index (κ2) is 5.82. The molecule has 1 amide bonds. The van der Waals surface area contributed by atoms with Crippen molar-refractivity contribution in [3.63, 3.8) is 0 Å². The van der Waals surface area contributed by atoms with Crippen molar-refractivity contribution < 1.29 is 14.5 Å². The number of phenolic OH excluding ortho intramolecular Hbond substituents is 1. The maximum Gasteiger partial charge on any atom is 0.426 e. The maximum absolute atomic E-state index is 12.1. The Bertz CT molecular complexity index is 681. The summed E-state index contributed by atoms with van der Waals surface area (Å²) in [5.41, 5.74) is 4.23. The van der Waals surface area contributed by atoms with E-state index in [9.17, 15) is 9.90 Å². The lowest BCUT2D eigenvalue weighted by atomic mass is 9.78. The number of aromatic hydroxyl groups is 1. The average molecular weight is 332 g/mol.